The number of hydrogen-bond donors (Lipinski definition) is 1. The minimum absolute atomic E-state index is 0.0708. The zero-order chi connectivity index (χ0) is 22.7. The Hall–Kier alpha value is -3.09. The van der Waals surface area contributed by atoms with Gasteiger partial charge in [0.2, 0.25) is 5.91 Å². The largest absolute Gasteiger partial charge is 0.493 e. The van der Waals surface area contributed by atoms with E-state index in [9.17, 15) is 9.59 Å². The van der Waals surface area contributed by atoms with E-state index in [1.807, 2.05) is 12.1 Å². The Bertz CT molecular complexity index is 971. The van der Waals surface area contributed by atoms with E-state index >= 15 is 0 Å². The lowest BCUT2D eigenvalue weighted by molar-refractivity contribution is -0.125. The Morgan fingerprint density at radius 2 is 1.78 bits per heavy atom. The minimum atomic E-state index is -0.583. The number of carbonyl (C=O) groups is 2. The van der Waals surface area contributed by atoms with Crippen molar-refractivity contribution in [2.24, 2.45) is 0 Å². The van der Waals surface area contributed by atoms with E-state index in [4.69, 9.17) is 9.47 Å². The highest BCUT2D eigenvalue weighted by atomic mass is 16.5. The Morgan fingerprint density at radius 1 is 1.09 bits per heavy atom. The van der Waals surface area contributed by atoms with Crippen LogP contribution in [0.15, 0.2) is 36.7 Å². The Morgan fingerprint density at radius 3 is 2.41 bits per heavy atom. The van der Waals surface area contributed by atoms with Crippen LogP contribution in [0, 0.1) is 0 Å². The molecule has 2 aliphatic rings. The average Bonchev–Trinajstić information content (AvgIpc) is 3.09. The molecule has 2 amide bonds. The Labute approximate surface area is 189 Å². The lowest BCUT2D eigenvalue weighted by Crippen LogP contribution is -2.47. The summed E-state index contributed by atoms with van der Waals surface area (Å²) in [4.78, 5) is 33.0. The van der Waals surface area contributed by atoms with E-state index in [2.05, 4.69) is 10.3 Å². The molecule has 32 heavy (non-hydrogen) atoms. The quantitative estimate of drug-likeness (QED) is 0.719. The van der Waals surface area contributed by atoms with E-state index in [0.29, 0.717) is 22.6 Å². The number of amides is 2. The maximum atomic E-state index is 13.8. The third kappa shape index (κ3) is 4.16. The molecule has 2 atom stereocenters. The van der Waals surface area contributed by atoms with Crippen molar-refractivity contribution in [3.63, 3.8) is 0 Å². The fourth-order valence-corrected chi connectivity index (χ4v) is 5.01. The molecule has 7 heteroatoms. The molecule has 0 bridgehead atoms. The predicted octanol–water partition coefficient (Wildman–Crippen LogP) is 3.85. The summed E-state index contributed by atoms with van der Waals surface area (Å²) < 4.78 is 10.9. The highest BCUT2D eigenvalue weighted by Gasteiger charge is 2.44. The van der Waals surface area contributed by atoms with Gasteiger partial charge in [0.15, 0.2) is 11.5 Å². The first-order valence-electron chi connectivity index (χ1n) is 11.3. The maximum absolute atomic E-state index is 13.8. The first-order chi connectivity index (χ1) is 15.5. The molecule has 7 nitrogen and oxygen atoms in total. The van der Waals surface area contributed by atoms with Crippen molar-refractivity contribution in [3.8, 4) is 11.5 Å². The zero-order valence-electron chi connectivity index (χ0n) is 19.0. The number of nitrogens with one attached hydrogen (secondary N) is 1. The lowest BCUT2D eigenvalue weighted by atomic mass is 9.79. The number of nitrogens with zero attached hydrogens (tertiary/aromatic N) is 2. The van der Waals surface area contributed by atoms with Crippen LogP contribution in [0.3, 0.4) is 0 Å². The number of ether oxygens (including phenoxy) is 2. The normalized spacial score (nSPS) is 21.5. The monoisotopic (exact) mass is 437 g/mol. The van der Waals surface area contributed by atoms with E-state index in [1.165, 1.54) is 20.0 Å². The molecule has 0 spiro atoms. The molecule has 2 heterocycles. The summed E-state index contributed by atoms with van der Waals surface area (Å²) in [6.45, 7) is 0. The second-order valence-corrected chi connectivity index (χ2v) is 8.62. The summed E-state index contributed by atoms with van der Waals surface area (Å²) in [6.07, 6.45) is 10.1. The fraction of sp³-hybridized carbons (Fsp3) is 0.480. The van der Waals surface area contributed by atoms with Gasteiger partial charge in [0.1, 0.15) is 0 Å². The van der Waals surface area contributed by atoms with E-state index in [0.717, 1.165) is 31.2 Å². The molecule has 1 saturated carbocycles. The smallest absolute Gasteiger partial charge is 0.254 e. The third-order valence-electron chi connectivity index (χ3n) is 6.68. The minimum Gasteiger partial charge on any atom is -0.493 e. The highest BCUT2D eigenvalue weighted by molar-refractivity contribution is 6.02. The number of benzene rings is 1. The summed E-state index contributed by atoms with van der Waals surface area (Å²) in [6, 6.07) is 6.90. The maximum Gasteiger partial charge on any atom is 0.254 e. The van der Waals surface area contributed by atoms with Gasteiger partial charge in [0, 0.05) is 31.0 Å². The number of methoxy groups -OCH3 is 2. The van der Waals surface area contributed by atoms with Crippen LogP contribution in [0.2, 0.25) is 0 Å². The summed E-state index contributed by atoms with van der Waals surface area (Å²) in [5.74, 6) is 0.156. The van der Waals surface area contributed by atoms with Crippen molar-refractivity contribution < 1.29 is 19.1 Å². The standard InChI is InChI=1S/C25H31N3O4/c1-28-23(16-9-8-12-26-15-16)22(24(29)27-17-10-6-4-5-7-11-17)18-13-20(31-2)21(32-3)14-19(18)25(28)30/h8-9,12-15,17,22-23H,4-7,10-11H2,1-3H3,(H,27,29)/t22-,23+/m0/s1. The van der Waals surface area contributed by atoms with Crippen LogP contribution < -0.4 is 14.8 Å². The van der Waals surface area contributed by atoms with Crippen molar-refractivity contribution in [3.05, 3.63) is 53.3 Å². The van der Waals surface area contributed by atoms with Crippen LogP contribution in [0.4, 0.5) is 0 Å². The van der Waals surface area contributed by atoms with Crippen molar-refractivity contribution in [2.45, 2.75) is 56.5 Å². The first kappa shape index (κ1) is 22.1. The number of fused-ring (bicyclic) bond motifs is 1. The molecule has 4 rings (SSSR count). The van der Waals surface area contributed by atoms with Gasteiger partial charge in [-0.1, -0.05) is 31.7 Å². The third-order valence-corrected chi connectivity index (χ3v) is 6.68. The van der Waals surface area contributed by atoms with E-state index < -0.39 is 12.0 Å². The molecule has 0 unspecified atom stereocenters. The fourth-order valence-electron chi connectivity index (χ4n) is 5.01. The van der Waals surface area contributed by atoms with Gasteiger partial charge in [-0.2, -0.15) is 0 Å². The average molecular weight is 438 g/mol. The number of carbonyl (C=O) groups excluding carboxylic acids is 2. The van der Waals surface area contributed by atoms with Gasteiger partial charge in [0.25, 0.3) is 5.91 Å². The van der Waals surface area contributed by atoms with Gasteiger partial charge in [-0.05, 0) is 42.2 Å². The van der Waals surface area contributed by atoms with Gasteiger partial charge in [-0.15, -0.1) is 0 Å². The van der Waals surface area contributed by atoms with Crippen molar-refractivity contribution in [1.29, 1.82) is 0 Å². The molecule has 1 aliphatic carbocycles. The Kier molecular flexibility index (Phi) is 6.63. The number of rotatable bonds is 5. The molecular weight excluding hydrogens is 406 g/mol. The number of aromatic nitrogens is 1. The Balaban J connectivity index is 1.80. The number of likely N-dealkylation sites (N-methyl/N-ethyl adjacent to an activating group) is 1. The molecule has 1 aromatic heterocycles. The second kappa shape index (κ2) is 9.59. The van der Waals surface area contributed by atoms with E-state index in [-0.39, 0.29) is 17.9 Å². The van der Waals surface area contributed by atoms with Gasteiger partial charge in [-0.3, -0.25) is 14.6 Å². The van der Waals surface area contributed by atoms with Gasteiger partial charge in [0.05, 0.1) is 26.2 Å². The summed E-state index contributed by atoms with van der Waals surface area (Å²) >= 11 is 0. The summed E-state index contributed by atoms with van der Waals surface area (Å²) in [7, 11) is 4.84. The molecule has 1 aliphatic heterocycles. The molecular formula is C25H31N3O4. The number of hydrogen-bond acceptors (Lipinski definition) is 5. The summed E-state index contributed by atoms with van der Waals surface area (Å²) in [5.41, 5.74) is 1.95. The van der Waals surface area contributed by atoms with Crippen LogP contribution in [-0.2, 0) is 4.79 Å². The molecule has 2 aromatic rings. The molecule has 0 radical (unpaired) electrons. The summed E-state index contributed by atoms with van der Waals surface area (Å²) in [5, 5.41) is 3.30. The van der Waals surface area contributed by atoms with Crippen molar-refractivity contribution in [2.75, 3.05) is 21.3 Å². The van der Waals surface area contributed by atoms with Crippen LogP contribution in [0.5, 0.6) is 11.5 Å². The van der Waals surface area contributed by atoms with Gasteiger partial charge in [-0.25, -0.2) is 0 Å². The van der Waals surface area contributed by atoms with Crippen LogP contribution in [-0.4, -0.2) is 49.0 Å². The molecule has 1 N–H and O–H groups in total. The zero-order valence-corrected chi connectivity index (χ0v) is 19.0. The molecule has 1 fully saturated rings. The van der Waals surface area contributed by atoms with E-state index in [1.54, 1.807) is 43.6 Å². The predicted molar refractivity (Wildman–Crippen MR) is 121 cm³/mol. The highest BCUT2D eigenvalue weighted by Crippen LogP contribution is 2.45. The van der Waals surface area contributed by atoms with Crippen molar-refractivity contribution >= 4 is 11.8 Å². The van der Waals surface area contributed by atoms with Crippen LogP contribution in [0.1, 0.15) is 72.0 Å². The first-order valence-corrected chi connectivity index (χ1v) is 11.3. The molecule has 1 aromatic carbocycles. The second-order valence-electron chi connectivity index (χ2n) is 8.62. The van der Waals surface area contributed by atoms with Gasteiger partial charge >= 0.3 is 0 Å². The van der Waals surface area contributed by atoms with Crippen LogP contribution in [0.25, 0.3) is 0 Å². The lowest BCUT2D eigenvalue weighted by Gasteiger charge is -2.40. The van der Waals surface area contributed by atoms with Gasteiger partial charge < -0.3 is 19.7 Å². The number of pyridine rings is 1. The molecule has 0 saturated heterocycles. The van der Waals surface area contributed by atoms with Crippen LogP contribution >= 0.6 is 0 Å². The molecule has 170 valence electrons. The topological polar surface area (TPSA) is 80.8 Å². The SMILES string of the molecule is COc1cc2c(cc1OC)[C@H](C(=O)NC1CCCCCC1)[C@@H](c1cccnc1)N(C)C2=O. The van der Waals surface area contributed by atoms with Crippen molar-refractivity contribution in [1.82, 2.24) is 15.2 Å².